The minimum Gasteiger partial charge on any atom is -0.481 e. The molecule has 1 aromatic carbocycles. The molecule has 4 nitrogen and oxygen atoms in total. The summed E-state index contributed by atoms with van der Waals surface area (Å²) in [5.74, 6) is -0.875. The van der Waals surface area contributed by atoms with E-state index in [2.05, 4.69) is 0 Å². The number of carboxylic acids is 1. The van der Waals surface area contributed by atoms with Crippen LogP contribution in [0.2, 0.25) is 5.02 Å². The maximum absolute atomic E-state index is 11.8. The lowest BCUT2D eigenvalue weighted by Crippen LogP contribution is -2.34. The second kappa shape index (κ2) is 5.40. The number of likely N-dealkylation sites (tertiary alicyclic amines) is 1. The Kier molecular flexibility index (Phi) is 3.87. The molecule has 0 spiro atoms. The lowest BCUT2D eigenvalue weighted by Gasteiger charge is -2.24. The van der Waals surface area contributed by atoms with Crippen LogP contribution in [0.3, 0.4) is 0 Å². The van der Waals surface area contributed by atoms with Crippen LogP contribution in [-0.2, 0) is 16.1 Å². The molecular weight excluding hydrogens is 254 g/mol. The number of rotatable bonds is 4. The van der Waals surface area contributed by atoms with Crippen LogP contribution in [0.25, 0.3) is 0 Å². The molecule has 1 saturated heterocycles. The average molecular weight is 268 g/mol. The van der Waals surface area contributed by atoms with Crippen molar-refractivity contribution in [3.63, 3.8) is 0 Å². The zero-order chi connectivity index (χ0) is 13.1. The highest BCUT2D eigenvalue weighted by molar-refractivity contribution is 6.31. The number of hydrogen-bond donors (Lipinski definition) is 1. The number of carbonyl (C=O) groups is 2. The molecule has 1 aliphatic heterocycles. The number of aliphatic carboxylic acids is 1. The third-order valence-electron chi connectivity index (χ3n) is 3.16. The van der Waals surface area contributed by atoms with Crippen molar-refractivity contribution in [2.75, 3.05) is 0 Å². The van der Waals surface area contributed by atoms with Crippen molar-refractivity contribution in [2.45, 2.75) is 31.8 Å². The van der Waals surface area contributed by atoms with E-state index in [1.165, 1.54) is 0 Å². The maximum atomic E-state index is 11.8. The fraction of sp³-hybridized carbons (Fsp3) is 0.385. The SMILES string of the molecule is O=C(O)CC1CCC(=O)N1Cc1ccccc1Cl. The van der Waals surface area contributed by atoms with Gasteiger partial charge in [0.15, 0.2) is 0 Å². The van der Waals surface area contributed by atoms with Crippen LogP contribution in [0, 0.1) is 0 Å². The molecule has 1 amide bonds. The molecule has 96 valence electrons. The van der Waals surface area contributed by atoms with Gasteiger partial charge >= 0.3 is 5.97 Å². The molecule has 0 radical (unpaired) electrons. The Balaban J connectivity index is 2.13. The predicted molar refractivity (Wildman–Crippen MR) is 67.3 cm³/mol. The van der Waals surface area contributed by atoms with Crippen LogP contribution >= 0.6 is 11.6 Å². The third kappa shape index (κ3) is 2.82. The van der Waals surface area contributed by atoms with E-state index in [4.69, 9.17) is 16.7 Å². The average Bonchev–Trinajstić information content (AvgIpc) is 2.64. The van der Waals surface area contributed by atoms with Crippen molar-refractivity contribution >= 4 is 23.5 Å². The van der Waals surface area contributed by atoms with Crippen LogP contribution in [-0.4, -0.2) is 27.9 Å². The van der Waals surface area contributed by atoms with E-state index in [0.717, 1.165) is 5.56 Å². The first-order valence-electron chi connectivity index (χ1n) is 5.82. The quantitative estimate of drug-likeness (QED) is 0.911. The number of benzene rings is 1. The van der Waals surface area contributed by atoms with Gasteiger partial charge in [0.2, 0.25) is 5.91 Å². The first kappa shape index (κ1) is 12.9. The zero-order valence-corrected chi connectivity index (χ0v) is 10.6. The Hall–Kier alpha value is -1.55. The Morgan fingerprint density at radius 3 is 2.83 bits per heavy atom. The molecule has 1 fully saturated rings. The zero-order valence-electron chi connectivity index (χ0n) is 9.80. The first-order valence-corrected chi connectivity index (χ1v) is 6.20. The van der Waals surface area contributed by atoms with Crippen LogP contribution in [0.15, 0.2) is 24.3 Å². The van der Waals surface area contributed by atoms with Gasteiger partial charge in [0.25, 0.3) is 0 Å². The molecule has 1 aliphatic rings. The number of carboxylic acid groups (broad SMARTS) is 1. The molecule has 1 heterocycles. The summed E-state index contributed by atoms with van der Waals surface area (Å²) in [7, 11) is 0. The molecule has 5 heteroatoms. The van der Waals surface area contributed by atoms with Gasteiger partial charge in [-0.2, -0.15) is 0 Å². The van der Waals surface area contributed by atoms with Gasteiger partial charge in [-0.1, -0.05) is 29.8 Å². The molecule has 0 bridgehead atoms. The van der Waals surface area contributed by atoms with Crippen molar-refractivity contribution in [3.8, 4) is 0 Å². The standard InChI is InChI=1S/C13H14ClNO3/c14-11-4-2-1-3-9(11)8-15-10(7-13(17)18)5-6-12(15)16/h1-4,10H,5-8H2,(H,17,18). The molecule has 0 saturated carbocycles. The third-order valence-corrected chi connectivity index (χ3v) is 3.53. The fourth-order valence-electron chi connectivity index (χ4n) is 2.23. The van der Waals surface area contributed by atoms with Crippen molar-refractivity contribution in [3.05, 3.63) is 34.9 Å². The van der Waals surface area contributed by atoms with Gasteiger partial charge in [-0.25, -0.2) is 0 Å². The summed E-state index contributed by atoms with van der Waals surface area (Å²) in [5, 5.41) is 9.44. The minimum atomic E-state index is -0.876. The van der Waals surface area contributed by atoms with Crippen molar-refractivity contribution in [1.29, 1.82) is 0 Å². The molecule has 1 atom stereocenters. The van der Waals surface area contributed by atoms with E-state index in [1.54, 1.807) is 11.0 Å². The first-order chi connectivity index (χ1) is 8.58. The van der Waals surface area contributed by atoms with Gasteiger partial charge in [-0.15, -0.1) is 0 Å². The number of carbonyl (C=O) groups excluding carboxylic acids is 1. The summed E-state index contributed by atoms with van der Waals surface area (Å²) in [5.41, 5.74) is 0.852. The lowest BCUT2D eigenvalue weighted by atomic mass is 10.1. The summed E-state index contributed by atoms with van der Waals surface area (Å²) in [6.45, 7) is 0.385. The molecule has 18 heavy (non-hydrogen) atoms. The van der Waals surface area contributed by atoms with Gasteiger partial charge < -0.3 is 10.0 Å². The Morgan fingerprint density at radius 2 is 2.17 bits per heavy atom. The van der Waals surface area contributed by atoms with Crippen molar-refractivity contribution in [2.24, 2.45) is 0 Å². The van der Waals surface area contributed by atoms with Crippen LogP contribution in [0.4, 0.5) is 0 Å². The van der Waals surface area contributed by atoms with Gasteiger partial charge in [0.1, 0.15) is 0 Å². The van der Waals surface area contributed by atoms with E-state index >= 15 is 0 Å². The normalized spacial score (nSPS) is 19.3. The second-order valence-electron chi connectivity index (χ2n) is 4.40. The number of halogens is 1. The van der Waals surface area contributed by atoms with Crippen molar-refractivity contribution < 1.29 is 14.7 Å². The van der Waals surface area contributed by atoms with Gasteiger partial charge in [0, 0.05) is 24.0 Å². The Bertz CT molecular complexity index is 475. The Morgan fingerprint density at radius 1 is 1.44 bits per heavy atom. The molecule has 0 aliphatic carbocycles. The molecular formula is C13H14ClNO3. The highest BCUT2D eigenvalue weighted by Crippen LogP contribution is 2.26. The summed E-state index contributed by atoms with van der Waals surface area (Å²) < 4.78 is 0. The maximum Gasteiger partial charge on any atom is 0.305 e. The smallest absolute Gasteiger partial charge is 0.305 e. The van der Waals surface area contributed by atoms with Gasteiger partial charge in [0.05, 0.1) is 6.42 Å². The highest BCUT2D eigenvalue weighted by Gasteiger charge is 2.32. The molecule has 1 N–H and O–H groups in total. The topological polar surface area (TPSA) is 57.6 Å². The number of hydrogen-bond acceptors (Lipinski definition) is 2. The largest absolute Gasteiger partial charge is 0.481 e. The van der Waals surface area contributed by atoms with Crippen LogP contribution in [0.5, 0.6) is 0 Å². The highest BCUT2D eigenvalue weighted by atomic mass is 35.5. The second-order valence-corrected chi connectivity index (χ2v) is 4.81. The fourth-order valence-corrected chi connectivity index (χ4v) is 2.43. The van der Waals surface area contributed by atoms with Crippen LogP contribution < -0.4 is 0 Å². The van der Waals surface area contributed by atoms with Gasteiger partial charge in [-0.3, -0.25) is 9.59 Å². The van der Waals surface area contributed by atoms with E-state index in [0.29, 0.717) is 24.4 Å². The molecule has 1 aromatic rings. The molecule has 2 rings (SSSR count). The monoisotopic (exact) mass is 267 g/mol. The van der Waals surface area contributed by atoms with E-state index in [9.17, 15) is 9.59 Å². The van der Waals surface area contributed by atoms with Gasteiger partial charge in [-0.05, 0) is 18.1 Å². The van der Waals surface area contributed by atoms with Crippen LogP contribution in [0.1, 0.15) is 24.8 Å². The summed E-state index contributed by atoms with van der Waals surface area (Å²) >= 11 is 6.05. The number of nitrogens with zero attached hydrogens (tertiary/aromatic N) is 1. The summed E-state index contributed by atoms with van der Waals surface area (Å²) in [4.78, 5) is 24.2. The van der Waals surface area contributed by atoms with Crippen molar-refractivity contribution in [1.82, 2.24) is 4.90 Å². The molecule has 1 unspecified atom stereocenters. The minimum absolute atomic E-state index is 0.00108. The Labute approximate surface area is 110 Å². The summed E-state index contributed by atoms with van der Waals surface area (Å²) in [6.07, 6.45) is 1.02. The number of amides is 1. The van der Waals surface area contributed by atoms with E-state index in [1.807, 2.05) is 18.2 Å². The lowest BCUT2D eigenvalue weighted by molar-refractivity contribution is -0.139. The van der Waals surface area contributed by atoms with E-state index in [-0.39, 0.29) is 18.4 Å². The summed E-state index contributed by atoms with van der Waals surface area (Å²) in [6, 6.07) is 7.08. The predicted octanol–water partition coefficient (Wildman–Crippen LogP) is 2.31. The van der Waals surface area contributed by atoms with E-state index < -0.39 is 5.97 Å². The molecule has 0 aromatic heterocycles.